The average Bonchev–Trinajstić information content (AvgIpc) is 2.27. The Bertz CT molecular complexity index is 177. The molecule has 1 fully saturated rings. The minimum Gasteiger partial charge on any atom is -0.392 e. The van der Waals surface area contributed by atoms with E-state index in [9.17, 15) is 5.11 Å². The normalized spacial score (nSPS) is 23.2. The number of hydrogen-bond donors (Lipinski definition) is 2. The van der Waals surface area contributed by atoms with E-state index in [1.807, 2.05) is 6.92 Å². The van der Waals surface area contributed by atoms with Gasteiger partial charge >= 0.3 is 0 Å². The largest absolute Gasteiger partial charge is 0.392 e. The molecule has 0 aromatic rings. The summed E-state index contributed by atoms with van der Waals surface area (Å²) in [6.45, 7) is 10.8. The third-order valence-corrected chi connectivity index (χ3v) is 3.61. The Hall–Kier alpha value is -0.120. The molecule has 1 saturated heterocycles. The van der Waals surface area contributed by atoms with Crippen molar-refractivity contribution in [3.63, 3.8) is 0 Å². The fourth-order valence-electron chi connectivity index (χ4n) is 2.52. The first-order valence-corrected chi connectivity index (χ1v) is 6.77. The van der Waals surface area contributed by atoms with Crippen LogP contribution in [0, 0.1) is 5.92 Å². The second-order valence-corrected chi connectivity index (χ2v) is 5.23. The van der Waals surface area contributed by atoms with E-state index in [4.69, 9.17) is 0 Å². The topological polar surface area (TPSA) is 35.5 Å². The van der Waals surface area contributed by atoms with Gasteiger partial charge in [0.2, 0.25) is 0 Å². The lowest BCUT2D eigenvalue weighted by Gasteiger charge is -2.35. The van der Waals surface area contributed by atoms with Crippen molar-refractivity contribution in [3.05, 3.63) is 0 Å². The van der Waals surface area contributed by atoms with Crippen molar-refractivity contribution in [2.45, 2.75) is 52.2 Å². The van der Waals surface area contributed by atoms with E-state index in [-0.39, 0.29) is 6.10 Å². The Labute approximate surface area is 100 Å². The molecule has 16 heavy (non-hydrogen) atoms. The molecule has 2 atom stereocenters. The van der Waals surface area contributed by atoms with Gasteiger partial charge in [-0.25, -0.2) is 0 Å². The van der Waals surface area contributed by atoms with Gasteiger partial charge in [0.1, 0.15) is 0 Å². The highest BCUT2D eigenvalue weighted by Gasteiger charge is 2.23. The van der Waals surface area contributed by atoms with Crippen LogP contribution in [0.4, 0.5) is 0 Å². The number of nitrogens with zero attached hydrogens (tertiary/aromatic N) is 1. The molecular weight excluding hydrogens is 200 g/mol. The predicted octanol–water partition coefficient (Wildman–Crippen LogP) is 1.47. The Morgan fingerprint density at radius 1 is 1.31 bits per heavy atom. The second kappa shape index (κ2) is 7.25. The Kier molecular flexibility index (Phi) is 6.32. The molecule has 0 radical (unpaired) electrons. The maximum atomic E-state index is 9.24. The maximum absolute atomic E-state index is 9.24. The van der Waals surface area contributed by atoms with Crippen molar-refractivity contribution >= 4 is 0 Å². The number of aliphatic hydroxyl groups excluding tert-OH is 1. The summed E-state index contributed by atoms with van der Waals surface area (Å²) >= 11 is 0. The van der Waals surface area contributed by atoms with Gasteiger partial charge in [0.15, 0.2) is 0 Å². The molecule has 1 aliphatic heterocycles. The molecule has 3 heteroatoms. The molecule has 0 aliphatic carbocycles. The summed E-state index contributed by atoms with van der Waals surface area (Å²) in [7, 11) is 0. The molecule has 0 aromatic carbocycles. The predicted molar refractivity (Wildman–Crippen MR) is 68.6 cm³/mol. The maximum Gasteiger partial charge on any atom is 0.0636 e. The van der Waals surface area contributed by atoms with Gasteiger partial charge in [-0.15, -0.1) is 0 Å². The molecule has 1 heterocycles. The fourth-order valence-corrected chi connectivity index (χ4v) is 2.52. The Balaban J connectivity index is 2.19. The van der Waals surface area contributed by atoms with Gasteiger partial charge in [0, 0.05) is 12.6 Å². The molecule has 0 saturated carbocycles. The van der Waals surface area contributed by atoms with Gasteiger partial charge in [-0.2, -0.15) is 0 Å². The van der Waals surface area contributed by atoms with Crippen LogP contribution in [0.2, 0.25) is 0 Å². The highest BCUT2D eigenvalue weighted by atomic mass is 16.3. The highest BCUT2D eigenvalue weighted by Crippen LogP contribution is 2.20. The first-order chi connectivity index (χ1) is 7.63. The van der Waals surface area contributed by atoms with Crippen molar-refractivity contribution in [2.24, 2.45) is 5.92 Å². The monoisotopic (exact) mass is 228 g/mol. The van der Waals surface area contributed by atoms with Crippen molar-refractivity contribution < 1.29 is 5.11 Å². The van der Waals surface area contributed by atoms with E-state index < -0.39 is 0 Å². The lowest BCUT2D eigenvalue weighted by Crippen LogP contribution is -2.43. The number of nitrogens with one attached hydrogen (secondary N) is 1. The highest BCUT2D eigenvalue weighted by molar-refractivity contribution is 4.79. The Morgan fingerprint density at radius 2 is 1.94 bits per heavy atom. The Morgan fingerprint density at radius 3 is 2.44 bits per heavy atom. The molecule has 0 amide bonds. The number of aliphatic hydroxyl groups is 1. The second-order valence-electron chi connectivity index (χ2n) is 5.23. The number of hydrogen-bond acceptors (Lipinski definition) is 3. The van der Waals surface area contributed by atoms with Gasteiger partial charge in [-0.05, 0) is 58.7 Å². The summed E-state index contributed by atoms with van der Waals surface area (Å²) in [6, 6.07) is 0.540. The molecule has 0 bridgehead atoms. The van der Waals surface area contributed by atoms with Crippen molar-refractivity contribution in [1.29, 1.82) is 0 Å². The van der Waals surface area contributed by atoms with E-state index in [1.165, 1.54) is 38.9 Å². The lowest BCUT2D eigenvalue weighted by atomic mass is 9.90. The zero-order valence-electron chi connectivity index (χ0n) is 11.1. The van der Waals surface area contributed by atoms with Gasteiger partial charge in [0.25, 0.3) is 0 Å². The molecule has 1 rings (SSSR count). The third-order valence-electron chi connectivity index (χ3n) is 3.61. The van der Waals surface area contributed by atoms with Gasteiger partial charge in [-0.3, -0.25) is 0 Å². The van der Waals surface area contributed by atoms with Crippen molar-refractivity contribution in [2.75, 3.05) is 26.2 Å². The van der Waals surface area contributed by atoms with E-state index in [0.717, 1.165) is 12.5 Å². The van der Waals surface area contributed by atoms with Crippen LogP contribution in [0.5, 0.6) is 0 Å². The van der Waals surface area contributed by atoms with Crippen LogP contribution in [0.25, 0.3) is 0 Å². The molecular formula is C13H28N2O. The van der Waals surface area contributed by atoms with E-state index in [0.29, 0.717) is 6.04 Å². The van der Waals surface area contributed by atoms with Crippen LogP contribution in [-0.4, -0.2) is 48.3 Å². The van der Waals surface area contributed by atoms with Crippen molar-refractivity contribution in [3.8, 4) is 0 Å². The molecule has 3 nitrogen and oxygen atoms in total. The molecule has 0 aromatic heterocycles. The van der Waals surface area contributed by atoms with Crippen LogP contribution in [0.1, 0.15) is 40.0 Å². The third kappa shape index (κ3) is 4.81. The zero-order chi connectivity index (χ0) is 12.0. The summed E-state index contributed by atoms with van der Waals surface area (Å²) in [6.07, 6.45) is 3.63. The van der Waals surface area contributed by atoms with Crippen LogP contribution < -0.4 is 5.32 Å². The minimum absolute atomic E-state index is 0.234. The summed E-state index contributed by atoms with van der Waals surface area (Å²) in [5, 5.41) is 12.7. The van der Waals surface area contributed by atoms with Crippen molar-refractivity contribution in [1.82, 2.24) is 10.2 Å². The number of rotatable bonds is 6. The quantitative estimate of drug-likeness (QED) is 0.722. The standard InChI is InChI=1S/C13H28N2O/c1-4-7-15-8-5-13(6-9-15)12(3)14-10-11(2)16/h11-14,16H,4-10H2,1-3H3. The molecule has 2 unspecified atom stereocenters. The van der Waals surface area contributed by atoms with Gasteiger partial charge in [0.05, 0.1) is 6.10 Å². The summed E-state index contributed by atoms with van der Waals surface area (Å²) in [5.74, 6) is 0.784. The first kappa shape index (κ1) is 13.9. The van der Waals surface area contributed by atoms with Crippen LogP contribution in [-0.2, 0) is 0 Å². The van der Waals surface area contributed by atoms with Crippen LogP contribution in [0.15, 0.2) is 0 Å². The van der Waals surface area contributed by atoms with E-state index >= 15 is 0 Å². The van der Waals surface area contributed by atoms with E-state index in [2.05, 4.69) is 24.1 Å². The zero-order valence-corrected chi connectivity index (χ0v) is 11.1. The van der Waals surface area contributed by atoms with Crippen LogP contribution >= 0.6 is 0 Å². The van der Waals surface area contributed by atoms with Crippen LogP contribution in [0.3, 0.4) is 0 Å². The van der Waals surface area contributed by atoms with Gasteiger partial charge < -0.3 is 15.3 Å². The summed E-state index contributed by atoms with van der Waals surface area (Å²) < 4.78 is 0. The fraction of sp³-hybridized carbons (Fsp3) is 1.00. The molecule has 0 spiro atoms. The SMILES string of the molecule is CCCN1CCC(C(C)NCC(C)O)CC1. The molecule has 2 N–H and O–H groups in total. The van der Waals surface area contributed by atoms with E-state index in [1.54, 1.807) is 0 Å². The number of likely N-dealkylation sites (tertiary alicyclic amines) is 1. The number of piperidine rings is 1. The summed E-state index contributed by atoms with van der Waals surface area (Å²) in [4.78, 5) is 2.57. The molecule has 1 aliphatic rings. The lowest BCUT2D eigenvalue weighted by molar-refractivity contribution is 0.147. The molecule has 96 valence electrons. The summed E-state index contributed by atoms with van der Waals surface area (Å²) in [5.41, 5.74) is 0. The minimum atomic E-state index is -0.234. The average molecular weight is 228 g/mol. The first-order valence-electron chi connectivity index (χ1n) is 6.77. The van der Waals surface area contributed by atoms with Gasteiger partial charge in [-0.1, -0.05) is 6.92 Å². The smallest absolute Gasteiger partial charge is 0.0636 e.